The van der Waals surface area contributed by atoms with Gasteiger partial charge in [0.1, 0.15) is 22.8 Å². The van der Waals surface area contributed by atoms with Crippen molar-refractivity contribution in [3.63, 3.8) is 0 Å². The minimum atomic E-state index is -2.67. The zero-order chi connectivity index (χ0) is 31.1. The van der Waals surface area contributed by atoms with Crippen molar-refractivity contribution in [3.05, 3.63) is 58.4 Å². The Kier molecular flexibility index (Phi) is 7.16. The fraction of sp³-hybridized carbons (Fsp3) is 0.571. The summed E-state index contributed by atoms with van der Waals surface area (Å²) in [6.45, 7) is 14.7. The SMILES string of the molecule is C=C(CC1CCCC1)C[C@@H]1[C@]2(C)C(=C(O)c3c(O)cccc3[C@H]2C)C(=O)[C@@]2(O)C(O)=C(C(C)=O)C(=O)C(C(C)C)[C@@]12C. The number of aromatic hydroxyl groups is 1. The summed E-state index contributed by atoms with van der Waals surface area (Å²) in [6.07, 6.45) is 5.65. The highest BCUT2D eigenvalue weighted by Gasteiger charge is 2.76. The summed E-state index contributed by atoms with van der Waals surface area (Å²) in [5.74, 6) is -5.85. The molecule has 2 saturated carbocycles. The molecule has 1 aromatic carbocycles. The molecule has 0 spiro atoms. The van der Waals surface area contributed by atoms with Gasteiger partial charge in [-0.2, -0.15) is 0 Å². The molecule has 226 valence electrons. The molecule has 0 aliphatic heterocycles. The number of aliphatic hydroxyl groups is 3. The molecular formula is C35H44O7. The van der Waals surface area contributed by atoms with E-state index in [2.05, 4.69) is 6.58 Å². The van der Waals surface area contributed by atoms with Crippen molar-refractivity contribution in [2.45, 2.75) is 91.6 Å². The lowest BCUT2D eigenvalue weighted by Crippen LogP contribution is -2.73. The molecule has 0 heterocycles. The molecule has 7 nitrogen and oxygen atoms in total. The highest BCUT2D eigenvalue weighted by atomic mass is 16.3. The van der Waals surface area contributed by atoms with Crippen molar-refractivity contribution in [3.8, 4) is 5.75 Å². The Hall–Kier alpha value is -3.19. The Labute approximate surface area is 248 Å². The molecule has 1 unspecified atom stereocenters. The van der Waals surface area contributed by atoms with Crippen molar-refractivity contribution < 1.29 is 34.8 Å². The Morgan fingerprint density at radius 1 is 1.07 bits per heavy atom. The van der Waals surface area contributed by atoms with Crippen LogP contribution in [0.25, 0.3) is 5.76 Å². The highest BCUT2D eigenvalue weighted by Crippen LogP contribution is 2.71. The van der Waals surface area contributed by atoms with Crippen molar-refractivity contribution in [1.82, 2.24) is 0 Å². The number of fused-ring (bicyclic) bond motifs is 3. The van der Waals surface area contributed by atoms with E-state index >= 15 is 0 Å². The number of benzene rings is 1. The van der Waals surface area contributed by atoms with E-state index in [0.717, 1.165) is 31.8 Å². The van der Waals surface area contributed by atoms with Crippen molar-refractivity contribution >= 4 is 23.1 Å². The van der Waals surface area contributed by atoms with Crippen LogP contribution in [0.15, 0.2) is 47.3 Å². The lowest BCUT2D eigenvalue weighted by molar-refractivity contribution is -0.198. The maximum absolute atomic E-state index is 14.8. The number of carbonyl (C=O) groups excluding carboxylic acids is 3. The quantitative estimate of drug-likeness (QED) is 0.224. The molecule has 2 fully saturated rings. The summed E-state index contributed by atoms with van der Waals surface area (Å²) < 4.78 is 0. The van der Waals surface area contributed by atoms with Crippen molar-refractivity contribution in [2.24, 2.45) is 34.5 Å². The monoisotopic (exact) mass is 576 g/mol. The van der Waals surface area contributed by atoms with Gasteiger partial charge in [-0.3, -0.25) is 14.4 Å². The molecule has 0 amide bonds. The number of aliphatic hydroxyl groups excluding tert-OH is 2. The van der Waals surface area contributed by atoms with Crippen molar-refractivity contribution in [2.75, 3.05) is 0 Å². The first-order chi connectivity index (χ1) is 19.6. The summed E-state index contributed by atoms with van der Waals surface area (Å²) >= 11 is 0. The van der Waals surface area contributed by atoms with Crippen LogP contribution in [0.4, 0.5) is 0 Å². The van der Waals surface area contributed by atoms with Crippen LogP contribution in [0, 0.1) is 34.5 Å². The minimum Gasteiger partial charge on any atom is -0.508 e. The third-order valence-corrected chi connectivity index (χ3v) is 11.6. The molecule has 5 rings (SSSR count). The highest BCUT2D eigenvalue weighted by molar-refractivity contribution is 6.24. The molecular weight excluding hydrogens is 532 g/mol. The molecule has 0 aromatic heterocycles. The first-order valence-corrected chi connectivity index (χ1v) is 15.2. The third-order valence-electron chi connectivity index (χ3n) is 11.6. The molecule has 0 radical (unpaired) electrons. The van der Waals surface area contributed by atoms with Gasteiger partial charge in [0, 0.05) is 22.3 Å². The number of carbonyl (C=O) groups is 3. The second-order valence-electron chi connectivity index (χ2n) is 14.0. The average molecular weight is 577 g/mol. The number of hydrogen-bond donors (Lipinski definition) is 4. The Morgan fingerprint density at radius 2 is 1.69 bits per heavy atom. The number of Topliss-reactive ketones (excluding diaryl/α,β-unsaturated/α-hetero) is 3. The second-order valence-corrected chi connectivity index (χ2v) is 14.0. The van der Waals surface area contributed by atoms with Crippen LogP contribution in [0.3, 0.4) is 0 Å². The standard InChI is InChI=1S/C35H44O7/c1-17(2)27-29(38)25(20(5)36)31(40)35(42)32(41)28-30(39)26-22(13-10-14-23(26)37)19(4)33(28,6)24(34(27,35)7)16-18(3)15-21-11-8-9-12-21/h10,13-14,17,19,21,24,27,37,39-40,42H,3,8-9,11-12,15-16H2,1-2,4-7H3/t19-,24-,27?,33-,34-,35+/m1/s1. The van der Waals surface area contributed by atoms with Gasteiger partial charge in [-0.15, -0.1) is 0 Å². The Morgan fingerprint density at radius 3 is 2.26 bits per heavy atom. The number of phenolic OH excluding ortho intramolecular Hbond substituents is 1. The summed E-state index contributed by atoms with van der Waals surface area (Å²) in [6, 6.07) is 4.93. The summed E-state index contributed by atoms with van der Waals surface area (Å²) in [5.41, 5.74) is -4.32. The second kappa shape index (κ2) is 9.94. The number of hydrogen-bond acceptors (Lipinski definition) is 7. The molecule has 7 heteroatoms. The van der Waals surface area contributed by atoms with Crippen LogP contribution < -0.4 is 0 Å². The van der Waals surface area contributed by atoms with E-state index in [1.807, 2.05) is 33.8 Å². The molecule has 4 N–H and O–H groups in total. The molecule has 0 bridgehead atoms. The Balaban J connectivity index is 1.86. The van der Waals surface area contributed by atoms with Crippen LogP contribution in [-0.4, -0.2) is 43.4 Å². The van der Waals surface area contributed by atoms with E-state index in [4.69, 9.17) is 0 Å². The van der Waals surface area contributed by atoms with Crippen LogP contribution in [-0.2, 0) is 14.4 Å². The first kappa shape index (κ1) is 30.3. The van der Waals surface area contributed by atoms with E-state index in [1.54, 1.807) is 13.0 Å². The smallest absolute Gasteiger partial charge is 0.203 e. The van der Waals surface area contributed by atoms with Gasteiger partial charge < -0.3 is 20.4 Å². The third kappa shape index (κ3) is 3.71. The van der Waals surface area contributed by atoms with Crippen LogP contribution in [0.2, 0.25) is 0 Å². The number of phenols is 1. The van der Waals surface area contributed by atoms with Crippen LogP contribution in [0.5, 0.6) is 5.75 Å². The molecule has 4 aliphatic rings. The molecule has 1 aromatic rings. The number of rotatable bonds is 6. The number of ketones is 3. The maximum Gasteiger partial charge on any atom is 0.203 e. The van der Waals surface area contributed by atoms with Crippen LogP contribution >= 0.6 is 0 Å². The lowest BCUT2D eigenvalue weighted by atomic mass is 9.37. The minimum absolute atomic E-state index is 0.103. The summed E-state index contributed by atoms with van der Waals surface area (Å²) in [7, 11) is 0. The van der Waals surface area contributed by atoms with Gasteiger partial charge >= 0.3 is 0 Å². The van der Waals surface area contributed by atoms with Crippen LogP contribution in [0.1, 0.15) is 97.1 Å². The summed E-state index contributed by atoms with van der Waals surface area (Å²) in [4.78, 5) is 41.7. The average Bonchev–Trinajstić information content (AvgIpc) is 3.40. The predicted octanol–water partition coefficient (Wildman–Crippen LogP) is 6.50. The van der Waals surface area contributed by atoms with Gasteiger partial charge in [0.2, 0.25) is 5.78 Å². The Bertz CT molecular complexity index is 1460. The zero-order valence-corrected chi connectivity index (χ0v) is 25.6. The van der Waals surface area contributed by atoms with Gasteiger partial charge in [0.25, 0.3) is 0 Å². The van der Waals surface area contributed by atoms with E-state index in [-0.39, 0.29) is 16.9 Å². The fourth-order valence-electron chi connectivity index (χ4n) is 9.51. The molecule has 42 heavy (non-hydrogen) atoms. The van der Waals surface area contributed by atoms with Gasteiger partial charge in [0.15, 0.2) is 17.2 Å². The topological polar surface area (TPSA) is 132 Å². The zero-order valence-electron chi connectivity index (χ0n) is 25.6. The fourth-order valence-corrected chi connectivity index (χ4v) is 9.51. The summed E-state index contributed by atoms with van der Waals surface area (Å²) in [5, 5.41) is 46.9. The lowest BCUT2D eigenvalue weighted by Gasteiger charge is -2.65. The van der Waals surface area contributed by atoms with Gasteiger partial charge in [-0.05, 0) is 55.1 Å². The van der Waals surface area contributed by atoms with E-state index in [0.29, 0.717) is 17.9 Å². The van der Waals surface area contributed by atoms with E-state index in [1.165, 1.54) is 18.9 Å². The van der Waals surface area contributed by atoms with E-state index < -0.39 is 74.5 Å². The molecule has 4 aliphatic carbocycles. The van der Waals surface area contributed by atoms with Gasteiger partial charge in [0.05, 0.1) is 5.56 Å². The van der Waals surface area contributed by atoms with Crippen molar-refractivity contribution in [1.29, 1.82) is 0 Å². The first-order valence-electron chi connectivity index (χ1n) is 15.2. The largest absolute Gasteiger partial charge is 0.508 e. The molecule has 6 atom stereocenters. The molecule has 0 saturated heterocycles. The number of allylic oxidation sites excluding steroid dienone is 2. The van der Waals surface area contributed by atoms with Gasteiger partial charge in [-0.1, -0.05) is 84.6 Å². The predicted molar refractivity (Wildman–Crippen MR) is 160 cm³/mol. The van der Waals surface area contributed by atoms with Gasteiger partial charge in [-0.25, -0.2) is 0 Å². The maximum atomic E-state index is 14.8. The van der Waals surface area contributed by atoms with E-state index in [9.17, 15) is 34.8 Å². The normalized spacial score (nSPS) is 34.9.